The minimum atomic E-state index is -0.907. The summed E-state index contributed by atoms with van der Waals surface area (Å²) in [7, 11) is 1.24. The fourth-order valence-corrected chi connectivity index (χ4v) is 3.08. The number of alkyl carbamates (subject to hydrolysis) is 1. The molecule has 0 saturated carbocycles. The van der Waals surface area contributed by atoms with Crippen LogP contribution in [0.15, 0.2) is 18.2 Å². The molecule has 0 spiro atoms. The van der Waals surface area contributed by atoms with Crippen LogP contribution in [-0.2, 0) is 19.1 Å². The number of anilines is 1. The number of ether oxygens (including phenoxy) is 4. The van der Waals surface area contributed by atoms with Crippen LogP contribution < -0.4 is 19.7 Å². The lowest BCUT2D eigenvalue weighted by molar-refractivity contribution is -0.140. The molecule has 1 aliphatic rings. The van der Waals surface area contributed by atoms with Gasteiger partial charge in [0.1, 0.15) is 18.2 Å². The highest BCUT2D eigenvalue weighted by molar-refractivity contribution is 7.98. The molecule has 0 bridgehead atoms. The summed E-state index contributed by atoms with van der Waals surface area (Å²) >= 11 is 1.38. The van der Waals surface area contributed by atoms with E-state index in [-0.39, 0.29) is 13.3 Å². The Bertz CT molecular complexity index is 763. The van der Waals surface area contributed by atoms with Crippen molar-refractivity contribution in [3.63, 3.8) is 0 Å². The fourth-order valence-electron chi connectivity index (χ4n) is 2.52. The maximum Gasteiger partial charge on any atom is 0.408 e. The number of carbonyl (C=O) groups is 3. The highest BCUT2D eigenvalue weighted by atomic mass is 32.2. The van der Waals surface area contributed by atoms with E-state index in [1.54, 1.807) is 39.0 Å². The molecule has 1 heterocycles. The van der Waals surface area contributed by atoms with Crippen LogP contribution in [0.3, 0.4) is 0 Å². The molecule has 1 aromatic carbocycles. The van der Waals surface area contributed by atoms with Crippen molar-refractivity contribution in [2.45, 2.75) is 32.4 Å². The van der Waals surface area contributed by atoms with Gasteiger partial charge in [-0.1, -0.05) is 0 Å². The molecule has 0 saturated heterocycles. The van der Waals surface area contributed by atoms with E-state index in [0.717, 1.165) is 0 Å². The van der Waals surface area contributed by atoms with Crippen molar-refractivity contribution in [2.24, 2.45) is 0 Å². The van der Waals surface area contributed by atoms with Crippen molar-refractivity contribution in [1.29, 1.82) is 0 Å². The quantitative estimate of drug-likeness (QED) is 0.662. The number of nitrogens with zero attached hydrogens (tertiary/aromatic N) is 1. The second-order valence-corrected chi connectivity index (χ2v) is 8.10. The first kappa shape index (κ1) is 22.7. The van der Waals surface area contributed by atoms with E-state index in [2.05, 4.69) is 5.32 Å². The number of rotatable bonds is 7. The largest absolute Gasteiger partial charge is 0.468 e. The van der Waals surface area contributed by atoms with E-state index in [1.807, 2.05) is 6.26 Å². The van der Waals surface area contributed by atoms with Gasteiger partial charge in [-0.3, -0.25) is 14.5 Å². The Hall–Kier alpha value is -2.62. The lowest BCUT2D eigenvalue weighted by Gasteiger charge is -2.28. The summed E-state index contributed by atoms with van der Waals surface area (Å²) in [6, 6.07) is 3.99. The molecule has 1 aliphatic heterocycles. The van der Waals surface area contributed by atoms with Crippen LogP contribution in [0.1, 0.15) is 20.8 Å². The van der Waals surface area contributed by atoms with Gasteiger partial charge in [-0.05, 0) is 39.2 Å². The van der Waals surface area contributed by atoms with Crippen LogP contribution in [0.4, 0.5) is 10.5 Å². The molecule has 0 unspecified atom stereocenters. The van der Waals surface area contributed by atoms with Crippen LogP contribution in [0.25, 0.3) is 0 Å². The Kier molecular flexibility index (Phi) is 7.60. The fraction of sp³-hybridized carbons (Fsp3) is 0.526. The normalized spacial score (nSPS) is 13.4. The molecular weight excluding hydrogens is 400 g/mol. The van der Waals surface area contributed by atoms with E-state index in [4.69, 9.17) is 18.9 Å². The zero-order valence-electron chi connectivity index (χ0n) is 17.1. The van der Waals surface area contributed by atoms with E-state index in [9.17, 15) is 14.4 Å². The third kappa shape index (κ3) is 6.45. The molecule has 2 amide bonds. The van der Waals surface area contributed by atoms with Crippen LogP contribution in [0, 0.1) is 0 Å². The monoisotopic (exact) mass is 426 g/mol. The lowest BCUT2D eigenvalue weighted by atomic mass is 10.2. The molecule has 29 heavy (non-hydrogen) atoms. The lowest BCUT2D eigenvalue weighted by Crippen LogP contribution is -2.52. The smallest absolute Gasteiger partial charge is 0.408 e. The Morgan fingerprint density at radius 1 is 1.24 bits per heavy atom. The molecule has 160 valence electrons. The molecule has 9 nitrogen and oxygen atoms in total. The summed E-state index contributed by atoms with van der Waals surface area (Å²) in [5.41, 5.74) is -0.290. The minimum absolute atomic E-state index is 0.0824. The van der Waals surface area contributed by atoms with Gasteiger partial charge in [0.25, 0.3) is 5.91 Å². The Labute approximate surface area is 174 Å². The number of methoxy groups -OCH3 is 1. The molecule has 2 rings (SSSR count). The summed E-state index contributed by atoms with van der Waals surface area (Å²) in [6.07, 6.45) is 1.09. The molecule has 0 radical (unpaired) electrons. The number of thioether (sulfide) groups is 1. The number of hydrogen-bond donors (Lipinski definition) is 1. The SMILES string of the molecule is COC(=O)CN(C(=O)[C@H](CSC)NC(=O)OC(C)(C)C)c1ccc2c(c1)OCO2. The second kappa shape index (κ2) is 9.73. The number of carbonyl (C=O) groups excluding carboxylic acids is 3. The second-order valence-electron chi connectivity index (χ2n) is 7.19. The summed E-state index contributed by atoms with van der Waals surface area (Å²) in [6.45, 7) is 4.95. The molecule has 1 aromatic rings. The highest BCUT2D eigenvalue weighted by Gasteiger charge is 2.31. The van der Waals surface area contributed by atoms with Crippen LogP contribution >= 0.6 is 11.8 Å². The standard InChI is InChI=1S/C19H26N2O7S/c1-19(2,3)28-18(24)20-13(10-29-5)17(23)21(9-16(22)25-4)12-6-7-14-15(8-12)27-11-26-14/h6-8,13H,9-11H2,1-5H3,(H,20,24)/t13-/m0/s1. The Balaban J connectivity index is 2.27. The summed E-state index contributed by atoms with van der Waals surface area (Å²) < 4.78 is 20.6. The molecule has 1 N–H and O–H groups in total. The van der Waals surface area contributed by atoms with Gasteiger partial charge in [-0.2, -0.15) is 11.8 Å². The summed E-state index contributed by atoms with van der Waals surface area (Å²) in [4.78, 5) is 38.6. The van der Waals surface area contributed by atoms with Crippen LogP contribution in [0.5, 0.6) is 11.5 Å². The van der Waals surface area contributed by atoms with Gasteiger partial charge in [-0.15, -0.1) is 0 Å². The van der Waals surface area contributed by atoms with Crippen molar-refractivity contribution in [2.75, 3.05) is 37.4 Å². The van der Waals surface area contributed by atoms with Gasteiger partial charge in [0.05, 0.1) is 7.11 Å². The van der Waals surface area contributed by atoms with Gasteiger partial charge >= 0.3 is 12.1 Å². The number of hydrogen-bond acceptors (Lipinski definition) is 8. The van der Waals surface area contributed by atoms with Gasteiger partial charge < -0.3 is 24.3 Å². The summed E-state index contributed by atoms with van der Waals surface area (Å²) in [5.74, 6) is 0.226. The Morgan fingerprint density at radius 3 is 2.55 bits per heavy atom. The first-order valence-electron chi connectivity index (χ1n) is 8.91. The zero-order valence-corrected chi connectivity index (χ0v) is 18.0. The maximum atomic E-state index is 13.2. The number of esters is 1. The Morgan fingerprint density at radius 2 is 1.93 bits per heavy atom. The maximum absolute atomic E-state index is 13.2. The molecule has 10 heteroatoms. The van der Waals surface area contributed by atoms with E-state index < -0.39 is 29.6 Å². The van der Waals surface area contributed by atoms with E-state index in [0.29, 0.717) is 22.9 Å². The van der Waals surface area contributed by atoms with Crippen molar-refractivity contribution in [3.05, 3.63) is 18.2 Å². The molecule has 1 atom stereocenters. The van der Waals surface area contributed by atoms with Crippen molar-refractivity contribution in [3.8, 4) is 11.5 Å². The number of benzene rings is 1. The predicted octanol–water partition coefficient (Wildman–Crippen LogP) is 2.18. The zero-order chi connectivity index (χ0) is 21.6. The van der Waals surface area contributed by atoms with E-state index in [1.165, 1.54) is 23.8 Å². The number of amides is 2. The average Bonchev–Trinajstić information content (AvgIpc) is 3.11. The predicted molar refractivity (Wildman–Crippen MR) is 108 cm³/mol. The highest BCUT2D eigenvalue weighted by Crippen LogP contribution is 2.35. The van der Waals surface area contributed by atoms with Gasteiger partial charge in [-0.25, -0.2) is 4.79 Å². The average molecular weight is 426 g/mol. The number of nitrogens with one attached hydrogen (secondary N) is 1. The summed E-state index contributed by atoms with van der Waals surface area (Å²) in [5, 5.41) is 2.59. The molecule has 0 aromatic heterocycles. The third-order valence-corrected chi connectivity index (χ3v) is 4.44. The molecular formula is C19H26N2O7S. The van der Waals surface area contributed by atoms with Crippen LogP contribution in [0.2, 0.25) is 0 Å². The third-order valence-electron chi connectivity index (χ3n) is 3.77. The molecule has 0 fully saturated rings. The first-order chi connectivity index (χ1) is 13.6. The number of fused-ring (bicyclic) bond motifs is 1. The minimum Gasteiger partial charge on any atom is -0.468 e. The van der Waals surface area contributed by atoms with Crippen molar-refractivity contribution < 1.29 is 33.3 Å². The van der Waals surface area contributed by atoms with Crippen molar-refractivity contribution >= 4 is 35.4 Å². The molecule has 0 aliphatic carbocycles. The van der Waals surface area contributed by atoms with E-state index >= 15 is 0 Å². The van der Waals surface area contributed by atoms with Gasteiger partial charge in [0, 0.05) is 17.5 Å². The first-order valence-corrected chi connectivity index (χ1v) is 10.3. The van der Waals surface area contributed by atoms with Gasteiger partial charge in [0.15, 0.2) is 11.5 Å². The van der Waals surface area contributed by atoms with Gasteiger partial charge in [0.2, 0.25) is 6.79 Å². The van der Waals surface area contributed by atoms with Crippen LogP contribution in [-0.4, -0.2) is 62.1 Å². The topological polar surface area (TPSA) is 103 Å². The van der Waals surface area contributed by atoms with Crippen molar-refractivity contribution in [1.82, 2.24) is 5.32 Å².